The lowest BCUT2D eigenvalue weighted by Gasteiger charge is -2.25. The number of halogens is 1. The van der Waals surface area contributed by atoms with E-state index in [9.17, 15) is 14.0 Å². The van der Waals surface area contributed by atoms with Crippen molar-refractivity contribution in [2.24, 2.45) is 4.99 Å². The molecule has 8 nitrogen and oxygen atoms in total. The maximum Gasteiger partial charge on any atom is 0.338 e. The molecule has 0 spiro atoms. The summed E-state index contributed by atoms with van der Waals surface area (Å²) in [6.07, 6.45) is 1.70. The first-order valence-corrected chi connectivity index (χ1v) is 13.6. The van der Waals surface area contributed by atoms with Gasteiger partial charge in [-0.1, -0.05) is 53.8 Å². The highest BCUT2D eigenvalue weighted by molar-refractivity contribution is 7.07. The summed E-state index contributed by atoms with van der Waals surface area (Å²) in [5.74, 6) is 0.255. The lowest BCUT2D eigenvalue weighted by Crippen LogP contribution is -2.40. The zero-order valence-corrected chi connectivity index (χ0v) is 23.7. The molecule has 2 heterocycles. The van der Waals surface area contributed by atoms with Gasteiger partial charge in [0, 0.05) is 5.56 Å². The van der Waals surface area contributed by atoms with Gasteiger partial charge < -0.3 is 18.9 Å². The van der Waals surface area contributed by atoms with E-state index >= 15 is 0 Å². The van der Waals surface area contributed by atoms with Crippen LogP contribution in [-0.4, -0.2) is 38.5 Å². The number of hydrogen-bond acceptors (Lipinski definition) is 8. The second kappa shape index (κ2) is 11.8. The van der Waals surface area contributed by atoms with Crippen molar-refractivity contribution in [1.82, 2.24) is 4.57 Å². The molecule has 3 aromatic carbocycles. The smallest absolute Gasteiger partial charge is 0.338 e. The Morgan fingerprint density at radius 1 is 1.00 bits per heavy atom. The van der Waals surface area contributed by atoms with E-state index in [0.29, 0.717) is 49.0 Å². The van der Waals surface area contributed by atoms with Crippen LogP contribution < -0.4 is 29.1 Å². The van der Waals surface area contributed by atoms with Crippen molar-refractivity contribution in [3.8, 4) is 17.2 Å². The summed E-state index contributed by atoms with van der Waals surface area (Å²) in [7, 11) is 4.54. The molecule has 1 aromatic heterocycles. The fourth-order valence-electron chi connectivity index (χ4n) is 4.74. The summed E-state index contributed by atoms with van der Waals surface area (Å²) in [5.41, 5.74) is 2.07. The van der Waals surface area contributed by atoms with Gasteiger partial charge in [-0.15, -0.1) is 0 Å². The monoisotopic (exact) mass is 574 g/mol. The number of fused-ring (bicyclic) bond motifs is 1. The third kappa shape index (κ3) is 5.26. The van der Waals surface area contributed by atoms with Crippen LogP contribution in [0.25, 0.3) is 11.8 Å². The first kappa shape index (κ1) is 27.9. The van der Waals surface area contributed by atoms with Gasteiger partial charge in [0.1, 0.15) is 5.82 Å². The molecule has 5 rings (SSSR count). The molecule has 0 fully saturated rings. The van der Waals surface area contributed by atoms with Gasteiger partial charge in [-0.3, -0.25) is 9.36 Å². The van der Waals surface area contributed by atoms with Gasteiger partial charge in [0.15, 0.2) is 16.3 Å². The molecule has 1 atom stereocenters. The number of carbonyl (C=O) groups is 1. The van der Waals surface area contributed by atoms with Gasteiger partial charge in [-0.25, -0.2) is 14.2 Å². The number of carbonyl (C=O) groups excluding carboxylic acids is 1. The van der Waals surface area contributed by atoms with E-state index in [1.54, 1.807) is 37.3 Å². The Labute approximate surface area is 239 Å². The largest absolute Gasteiger partial charge is 0.493 e. The van der Waals surface area contributed by atoms with Gasteiger partial charge in [0.25, 0.3) is 5.56 Å². The topological polar surface area (TPSA) is 88.4 Å². The van der Waals surface area contributed by atoms with Crippen LogP contribution in [0.15, 0.2) is 82.1 Å². The molecule has 0 saturated heterocycles. The zero-order valence-electron chi connectivity index (χ0n) is 22.8. The van der Waals surface area contributed by atoms with E-state index < -0.39 is 17.8 Å². The maximum absolute atomic E-state index is 14.0. The summed E-state index contributed by atoms with van der Waals surface area (Å²) in [4.78, 5) is 32.7. The normalized spacial score (nSPS) is 14.8. The minimum Gasteiger partial charge on any atom is -0.493 e. The van der Waals surface area contributed by atoms with E-state index in [2.05, 4.69) is 0 Å². The third-order valence-corrected chi connectivity index (χ3v) is 7.53. The Balaban J connectivity index is 1.81. The Morgan fingerprint density at radius 2 is 1.66 bits per heavy atom. The summed E-state index contributed by atoms with van der Waals surface area (Å²) < 4.78 is 37.6. The lowest BCUT2D eigenvalue weighted by atomic mass is 9.93. The molecule has 4 aromatic rings. The highest BCUT2D eigenvalue weighted by Crippen LogP contribution is 2.38. The average Bonchev–Trinajstić information content (AvgIpc) is 3.30. The van der Waals surface area contributed by atoms with Crippen LogP contribution in [0.5, 0.6) is 17.2 Å². The summed E-state index contributed by atoms with van der Waals surface area (Å²) in [5, 5.41) is 0. The van der Waals surface area contributed by atoms with Crippen LogP contribution >= 0.6 is 11.3 Å². The Morgan fingerprint density at radius 3 is 2.24 bits per heavy atom. The quantitative estimate of drug-likeness (QED) is 0.295. The highest BCUT2D eigenvalue weighted by Gasteiger charge is 2.35. The predicted octanol–water partition coefficient (Wildman–Crippen LogP) is 4.10. The van der Waals surface area contributed by atoms with Crippen LogP contribution in [0.2, 0.25) is 0 Å². The summed E-state index contributed by atoms with van der Waals surface area (Å²) in [6.45, 7) is 1.84. The molecule has 210 valence electrons. The summed E-state index contributed by atoms with van der Waals surface area (Å²) >= 11 is 1.18. The lowest BCUT2D eigenvalue weighted by molar-refractivity contribution is -0.138. The van der Waals surface area contributed by atoms with E-state index in [1.807, 2.05) is 30.3 Å². The Hall–Kier alpha value is -4.70. The van der Waals surface area contributed by atoms with Crippen LogP contribution in [0.3, 0.4) is 0 Å². The van der Waals surface area contributed by atoms with E-state index in [4.69, 9.17) is 23.9 Å². The van der Waals surface area contributed by atoms with Gasteiger partial charge >= 0.3 is 5.97 Å². The molecule has 0 saturated carbocycles. The molecule has 41 heavy (non-hydrogen) atoms. The standard InChI is InChI=1S/C31H27FN2O6S/c1-5-40-30(36)25-26(19-9-7-6-8-10-19)33-31-34(27(25)20-11-13-21(32)14-12-20)29(35)24(41-31)17-18-15-22(37-2)28(39-4)23(16-18)38-3/h6-17,27H,5H2,1-4H3. The third-order valence-electron chi connectivity index (χ3n) is 6.54. The number of rotatable bonds is 8. The SMILES string of the molecule is CCOC(=O)C1=C(c2ccccc2)N=c2sc(=Cc3cc(OC)c(OC)c(OC)c3)c(=O)n2C1c1ccc(F)cc1. The number of hydrogen-bond donors (Lipinski definition) is 0. The van der Waals surface area contributed by atoms with Gasteiger partial charge in [0.05, 0.1) is 49.8 Å². The predicted molar refractivity (Wildman–Crippen MR) is 154 cm³/mol. The molecule has 1 aliphatic heterocycles. The molecule has 0 N–H and O–H groups in total. The van der Waals surface area contributed by atoms with Gasteiger partial charge in [-0.05, 0) is 48.4 Å². The highest BCUT2D eigenvalue weighted by atomic mass is 32.1. The number of nitrogens with zero attached hydrogens (tertiary/aromatic N) is 2. The van der Waals surface area contributed by atoms with Crippen LogP contribution in [-0.2, 0) is 9.53 Å². The van der Waals surface area contributed by atoms with Gasteiger partial charge in [-0.2, -0.15) is 0 Å². The Kier molecular flexibility index (Phi) is 8.02. The van der Waals surface area contributed by atoms with Crippen molar-refractivity contribution < 1.29 is 28.1 Å². The zero-order chi connectivity index (χ0) is 29.1. The number of esters is 1. The fourth-order valence-corrected chi connectivity index (χ4v) is 5.74. The van der Waals surface area contributed by atoms with E-state index in [-0.39, 0.29) is 17.7 Å². The maximum atomic E-state index is 14.0. The first-order valence-electron chi connectivity index (χ1n) is 12.7. The molecule has 0 radical (unpaired) electrons. The molecular formula is C31H27FN2O6S. The van der Waals surface area contributed by atoms with Crippen LogP contribution in [0, 0.1) is 5.82 Å². The van der Waals surface area contributed by atoms with Crippen molar-refractivity contribution in [3.05, 3.63) is 114 Å². The van der Waals surface area contributed by atoms with E-state index in [1.165, 1.54) is 49.4 Å². The molecule has 1 unspecified atom stereocenters. The van der Waals surface area contributed by atoms with E-state index in [0.717, 1.165) is 0 Å². The second-order valence-electron chi connectivity index (χ2n) is 8.94. The fraction of sp³-hybridized carbons (Fsp3) is 0.194. The minimum atomic E-state index is -0.900. The molecule has 1 aliphatic rings. The minimum absolute atomic E-state index is 0.131. The van der Waals surface area contributed by atoms with Crippen molar-refractivity contribution in [2.75, 3.05) is 27.9 Å². The van der Waals surface area contributed by atoms with Crippen molar-refractivity contribution in [1.29, 1.82) is 0 Å². The number of methoxy groups -OCH3 is 3. The van der Waals surface area contributed by atoms with Crippen molar-refractivity contribution in [2.45, 2.75) is 13.0 Å². The number of ether oxygens (including phenoxy) is 4. The van der Waals surface area contributed by atoms with Gasteiger partial charge in [0.2, 0.25) is 5.75 Å². The van der Waals surface area contributed by atoms with Crippen molar-refractivity contribution in [3.63, 3.8) is 0 Å². The Bertz CT molecular complexity index is 1790. The second-order valence-corrected chi connectivity index (χ2v) is 9.95. The van der Waals surface area contributed by atoms with Crippen LogP contribution in [0.1, 0.15) is 29.7 Å². The number of benzene rings is 3. The number of thiazole rings is 1. The molecule has 0 bridgehead atoms. The summed E-state index contributed by atoms with van der Waals surface area (Å²) in [6, 6.07) is 17.5. The van der Waals surface area contributed by atoms with Crippen LogP contribution in [0.4, 0.5) is 4.39 Å². The van der Waals surface area contributed by atoms with Crippen molar-refractivity contribution >= 4 is 29.1 Å². The number of aromatic nitrogens is 1. The molecule has 0 amide bonds. The first-order chi connectivity index (χ1) is 19.9. The molecule has 0 aliphatic carbocycles. The average molecular weight is 575 g/mol. The molecule has 10 heteroatoms. The molecular weight excluding hydrogens is 547 g/mol.